The van der Waals surface area contributed by atoms with Gasteiger partial charge in [0.1, 0.15) is 11.3 Å². The largest absolute Gasteiger partial charge is 0.367 e. The summed E-state index contributed by atoms with van der Waals surface area (Å²) in [5.74, 6) is 0.970. The molecule has 1 saturated heterocycles. The molecule has 0 aliphatic carbocycles. The van der Waals surface area contributed by atoms with Gasteiger partial charge in [0, 0.05) is 42.8 Å². The zero-order valence-electron chi connectivity index (χ0n) is 15.6. The van der Waals surface area contributed by atoms with E-state index in [1.165, 1.54) is 0 Å². The molecule has 8 heteroatoms. The van der Waals surface area contributed by atoms with Crippen molar-refractivity contribution in [3.8, 4) is 0 Å². The van der Waals surface area contributed by atoms with Crippen molar-refractivity contribution >= 4 is 22.9 Å². The molecule has 0 unspecified atom stereocenters. The number of hydrogen-bond donors (Lipinski definition) is 2. The molecule has 2 N–H and O–H groups in total. The second kappa shape index (κ2) is 7.30. The maximum atomic E-state index is 12.6. The van der Waals surface area contributed by atoms with Gasteiger partial charge in [-0.2, -0.15) is 5.10 Å². The summed E-state index contributed by atoms with van der Waals surface area (Å²) in [7, 11) is 0. The lowest BCUT2D eigenvalue weighted by atomic mass is 10.0. The molecule has 1 amide bonds. The number of carbonyl (C=O) groups excluding carboxylic acids is 1. The molecular weight excluding hydrogens is 342 g/mol. The number of aryl methyl sites for hydroxylation is 2. The lowest BCUT2D eigenvalue weighted by Gasteiger charge is -2.32. The van der Waals surface area contributed by atoms with Crippen LogP contribution in [0.1, 0.15) is 29.8 Å². The number of carbonyl (C=O) groups is 1. The number of aromatic amines is 1. The number of aromatic nitrogens is 5. The second-order valence-electron chi connectivity index (χ2n) is 6.98. The number of hydrogen-bond acceptors (Lipinski definition) is 6. The van der Waals surface area contributed by atoms with E-state index in [-0.39, 0.29) is 5.91 Å². The average molecular weight is 365 g/mol. The summed E-state index contributed by atoms with van der Waals surface area (Å²) in [6, 6.07) is 4.15. The molecule has 4 rings (SSSR count). The van der Waals surface area contributed by atoms with Crippen LogP contribution in [0.15, 0.2) is 24.5 Å². The number of amides is 1. The van der Waals surface area contributed by atoms with Crippen LogP contribution in [0, 0.1) is 13.8 Å². The van der Waals surface area contributed by atoms with E-state index in [2.05, 4.69) is 30.5 Å². The van der Waals surface area contributed by atoms with Crippen LogP contribution >= 0.6 is 0 Å². The van der Waals surface area contributed by atoms with Gasteiger partial charge in [0.2, 0.25) is 5.91 Å². The highest BCUT2D eigenvalue weighted by molar-refractivity contribution is 5.79. The molecule has 1 fully saturated rings. The van der Waals surface area contributed by atoms with Crippen molar-refractivity contribution in [1.82, 2.24) is 30.0 Å². The summed E-state index contributed by atoms with van der Waals surface area (Å²) in [4.78, 5) is 27.6. The zero-order valence-corrected chi connectivity index (χ0v) is 15.6. The summed E-state index contributed by atoms with van der Waals surface area (Å²) < 4.78 is 0. The van der Waals surface area contributed by atoms with Crippen molar-refractivity contribution in [2.45, 2.75) is 39.2 Å². The minimum Gasteiger partial charge on any atom is -0.367 e. The van der Waals surface area contributed by atoms with E-state index in [1.807, 2.05) is 30.9 Å². The van der Waals surface area contributed by atoms with Crippen LogP contribution in [0.5, 0.6) is 0 Å². The van der Waals surface area contributed by atoms with E-state index >= 15 is 0 Å². The van der Waals surface area contributed by atoms with Gasteiger partial charge in [0.15, 0.2) is 5.65 Å². The topological polar surface area (TPSA) is 99.7 Å². The molecule has 4 heterocycles. The van der Waals surface area contributed by atoms with E-state index < -0.39 is 0 Å². The van der Waals surface area contributed by atoms with Crippen molar-refractivity contribution in [3.63, 3.8) is 0 Å². The molecule has 0 radical (unpaired) electrons. The first-order chi connectivity index (χ1) is 13.1. The third kappa shape index (κ3) is 3.74. The lowest BCUT2D eigenvalue weighted by Crippen LogP contribution is -2.43. The van der Waals surface area contributed by atoms with Crippen molar-refractivity contribution < 1.29 is 4.79 Å². The van der Waals surface area contributed by atoms with Crippen LogP contribution in [0.3, 0.4) is 0 Å². The summed E-state index contributed by atoms with van der Waals surface area (Å²) in [6.07, 6.45) is 5.52. The Kier molecular flexibility index (Phi) is 4.70. The highest BCUT2D eigenvalue weighted by Gasteiger charge is 2.24. The molecule has 3 aromatic rings. The van der Waals surface area contributed by atoms with Gasteiger partial charge in [-0.3, -0.25) is 14.9 Å². The van der Waals surface area contributed by atoms with E-state index in [9.17, 15) is 4.79 Å². The standard InChI is InChI=1S/C19H23N7O/c1-12-15(13(2)25-24-12)11-18(27)26-9-5-14(6-10-26)22-17-4-3-16-19(23-17)21-8-7-20-16/h3-4,7-8,14H,5-6,9-11H2,1-2H3,(H,24,25)(H,21,22,23). The van der Waals surface area contributed by atoms with Gasteiger partial charge in [-0.25, -0.2) is 9.97 Å². The summed E-state index contributed by atoms with van der Waals surface area (Å²) >= 11 is 0. The SMILES string of the molecule is Cc1n[nH]c(C)c1CC(=O)N1CCC(Nc2ccc3nccnc3n2)CC1. The molecular formula is C19H23N7O. The molecule has 0 atom stereocenters. The third-order valence-corrected chi connectivity index (χ3v) is 5.14. The second-order valence-corrected chi connectivity index (χ2v) is 6.98. The first-order valence-electron chi connectivity index (χ1n) is 9.22. The zero-order chi connectivity index (χ0) is 18.8. The quantitative estimate of drug-likeness (QED) is 0.734. The van der Waals surface area contributed by atoms with Crippen molar-refractivity contribution in [2.75, 3.05) is 18.4 Å². The number of nitrogens with one attached hydrogen (secondary N) is 2. The minimum atomic E-state index is 0.167. The average Bonchev–Trinajstić information content (AvgIpc) is 3.00. The maximum absolute atomic E-state index is 12.6. The van der Waals surface area contributed by atoms with Gasteiger partial charge in [-0.05, 0) is 38.8 Å². The normalized spacial score (nSPS) is 15.3. The van der Waals surface area contributed by atoms with E-state index in [4.69, 9.17) is 0 Å². The molecule has 0 bridgehead atoms. The molecule has 1 aliphatic rings. The van der Waals surface area contributed by atoms with Gasteiger partial charge in [0.25, 0.3) is 0 Å². The monoisotopic (exact) mass is 365 g/mol. The van der Waals surface area contributed by atoms with Gasteiger partial charge in [-0.15, -0.1) is 0 Å². The van der Waals surface area contributed by atoms with Crippen molar-refractivity contribution in [2.24, 2.45) is 0 Å². The minimum absolute atomic E-state index is 0.167. The molecule has 1 aliphatic heterocycles. The predicted molar refractivity (Wildman–Crippen MR) is 102 cm³/mol. The van der Waals surface area contributed by atoms with Crippen LogP contribution in [-0.4, -0.2) is 55.1 Å². The number of likely N-dealkylation sites (tertiary alicyclic amines) is 1. The molecule has 0 spiro atoms. The van der Waals surface area contributed by atoms with Gasteiger partial charge < -0.3 is 10.2 Å². The van der Waals surface area contributed by atoms with E-state index in [0.717, 1.165) is 54.2 Å². The maximum Gasteiger partial charge on any atom is 0.227 e. The smallest absolute Gasteiger partial charge is 0.227 e. The van der Waals surface area contributed by atoms with Crippen molar-refractivity contribution in [1.29, 1.82) is 0 Å². The fourth-order valence-electron chi connectivity index (χ4n) is 3.51. The number of pyridine rings is 1. The predicted octanol–water partition coefficient (Wildman–Crippen LogP) is 2.01. The molecule has 0 saturated carbocycles. The lowest BCUT2D eigenvalue weighted by molar-refractivity contribution is -0.131. The first-order valence-corrected chi connectivity index (χ1v) is 9.22. The number of fused-ring (bicyclic) bond motifs is 1. The Labute approximate surface area is 157 Å². The molecule has 0 aromatic carbocycles. The Balaban J connectivity index is 1.33. The number of rotatable bonds is 4. The third-order valence-electron chi connectivity index (χ3n) is 5.14. The fraction of sp³-hybridized carbons (Fsp3) is 0.421. The Bertz CT molecular complexity index is 940. The Morgan fingerprint density at radius 3 is 2.74 bits per heavy atom. The van der Waals surface area contributed by atoms with Gasteiger partial charge in [0.05, 0.1) is 12.1 Å². The molecule has 3 aromatic heterocycles. The summed E-state index contributed by atoms with van der Waals surface area (Å²) in [5, 5.41) is 10.6. The van der Waals surface area contributed by atoms with Crippen molar-refractivity contribution in [3.05, 3.63) is 41.5 Å². The Morgan fingerprint density at radius 1 is 1.22 bits per heavy atom. The highest BCUT2D eigenvalue weighted by Crippen LogP contribution is 2.19. The number of H-pyrrole nitrogens is 1. The first kappa shape index (κ1) is 17.4. The van der Waals surface area contributed by atoms with E-state index in [0.29, 0.717) is 18.1 Å². The fourth-order valence-corrected chi connectivity index (χ4v) is 3.51. The van der Waals surface area contributed by atoms with Crippen LogP contribution in [0.4, 0.5) is 5.82 Å². The van der Waals surface area contributed by atoms with Crippen LogP contribution in [-0.2, 0) is 11.2 Å². The Hall–Kier alpha value is -3.03. The van der Waals surface area contributed by atoms with Crippen LogP contribution < -0.4 is 5.32 Å². The van der Waals surface area contributed by atoms with Crippen LogP contribution in [0.2, 0.25) is 0 Å². The highest BCUT2D eigenvalue weighted by atomic mass is 16.2. The molecule has 140 valence electrons. The Morgan fingerprint density at radius 2 is 2.00 bits per heavy atom. The van der Waals surface area contributed by atoms with Gasteiger partial charge >= 0.3 is 0 Å². The molecule has 8 nitrogen and oxygen atoms in total. The number of piperidine rings is 1. The number of nitrogens with zero attached hydrogens (tertiary/aromatic N) is 5. The number of anilines is 1. The summed E-state index contributed by atoms with van der Waals surface area (Å²) in [6.45, 7) is 5.39. The van der Waals surface area contributed by atoms with E-state index in [1.54, 1.807) is 12.4 Å². The summed E-state index contributed by atoms with van der Waals surface area (Å²) in [5.41, 5.74) is 4.32. The molecule has 27 heavy (non-hydrogen) atoms. The van der Waals surface area contributed by atoms with Gasteiger partial charge in [-0.1, -0.05) is 0 Å². The van der Waals surface area contributed by atoms with Crippen LogP contribution in [0.25, 0.3) is 11.2 Å².